The van der Waals surface area contributed by atoms with Crippen molar-refractivity contribution in [1.29, 1.82) is 0 Å². The molecule has 31 heavy (non-hydrogen) atoms. The van der Waals surface area contributed by atoms with E-state index in [-0.39, 0.29) is 29.0 Å². The van der Waals surface area contributed by atoms with Gasteiger partial charge < -0.3 is 14.3 Å². The Kier molecular flexibility index (Phi) is 8.12. The minimum atomic E-state index is -4.49. The summed E-state index contributed by atoms with van der Waals surface area (Å²) < 4.78 is 72.1. The molecule has 0 radical (unpaired) electrons. The fourth-order valence-electron chi connectivity index (χ4n) is 2.53. The van der Waals surface area contributed by atoms with E-state index in [0.29, 0.717) is 11.8 Å². The highest BCUT2D eigenvalue weighted by Crippen LogP contribution is 2.29. The van der Waals surface area contributed by atoms with Gasteiger partial charge in [0.2, 0.25) is 0 Å². The zero-order valence-electron chi connectivity index (χ0n) is 16.5. The van der Waals surface area contributed by atoms with E-state index < -0.39 is 24.3 Å². The van der Waals surface area contributed by atoms with Crippen molar-refractivity contribution < 1.29 is 41.1 Å². The summed E-state index contributed by atoms with van der Waals surface area (Å²) in [5, 5.41) is 3.81. The van der Waals surface area contributed by atoms with Crippen molar-refractivity contribution in [3.63, 3.8) is 0 Å². The maximum Gasteiger partial charge on any atom is 0.416 e. The quantitative estimate of drug-likeness (QED) is 0.137. The Morgan fingerprint density at radius 1 is 1.13 bits per heavy atom. The Labute approximate surface area is 174 Å². The molecule has 2 aromatic rings. The molecule has 2 rings (SSSR count). The van der Waals surface area contributed by atoms with Crippen molar-refractivity contribution in [2.75, 3.05) is 7.11 Å². The van der Waals surface area contributed by atoms with Gasteiger partial charge in [-0.05, 0) is 30.2 Å². The van der Waals surface area contributed by atoms with Gasteiger partial charge in [-0.1, -0.05) is 41.6 Å². The number of methoxy groups -OCH3 is 1. The monoisotopic (exact) mass is 443 g/mol. The molecule has 0 aliphatic heterocycles. The van der Waals surface area contributed by atoms with Crippen LogP contribution in [-0.4, -0.2) is 25.4 Å². The van der Waals surface area contributed by atoms with E-state index in [2.05, 4.69) is 14.6 Å². The standard InChI is InChI=1S/C21H18F5NO4/c1-13(14-7-5-8-16(10-14)21(24,25)26)27-31-11-15-6-3-4-9-17(15)18(19(28)29-2)12-30-20(22)23/h3-10,12,20H,11H2,1-2H3/b18-12+,27-13?. The molecule has 0 N–H and O–H groups in total. The number of alkyl halides is 5. The average Bonchev–Trinajstić information content (AvgIpc) is 2.73. The highest BCUT2D eigenvalue weighted by Gasteiger charge is 2.30. The van der Waals surface area contributed by atoms with Crippen molar-refractivity contribution in [3.8, 4) is 0 Å². The first-order valence-corrected chi connectivity index (χ1v) is 8.78. The summed E-state index contributed by atoms with van der Waals surface area (Å²) in [6.07, 6.45) is -3.90. The van der Waals surface area contributed by atoms with Gasteiger partial charge in [0.1, 0.15) is 18.4 Å². The number of oxime groups is 1. The number of carbonyl (C=O) groups excluding carboxylic acids is 1. The summed E-state index contributed by atoms with van der Waals surface area (Å²) in [5.41, 5.74) is -0.0890. The number of rotatable bonds is 8. The van der Waals surface area contributed by atoms with E-state index in [1.807, 2.05) is 0 Å². The van der Waals surface area contributed by atoms with Crippen molar-refractivity contribution >= 4 is 17.3 Å². The molecule has 0 saturated heterocycles. The molecule has 5 nitrogen and oxygen atoms in total. The molecule has 0 bridgehead atoms. The van der Waals surface area contributed by atoms with E-state index >= 15 is 0 Å². The number of carbonyl (C=O) groups is 1. The van der Waals surface area contributed by atoms with Crippen LogP contribution in [0.25, 0.3) is 5.57 Å². The fourth-order valence-corrected chi connectivity index (χ4v) is 2.53. The summed E-state index contributed by atoms with van der Waals surface area (Å²) in [5.74, 6) is -0.906. The first-order valence-electron chi connectivity index (χ1n) is 8.78. The van der Waals surface area contributed by atoms with Gasteiger partial charge in [0.15, 0.2) is 0 Å². The molecule has 0 aromatic heterocycles. The molecule has 0 saturated carbocycles. The first-order chi connectivity index (χ1) is 14.6. The zero-order chi connectivity index (χ0) is 23.0. The second-order valence-corrected chi connectivity index (χ2v) is 6.11. The molecular formula is C21H18F5NO4. The van der Waals surface area contributed by atoms with Crippen molar-refractivity contribution in [2.24, 2.45) is 5.16 Å². The second-order valence-electron chi connectivity index (χ2n) is 6.11. The highest BCUT2D eigenvalue weighted by atomic mass is 19.4. The molecule has 166 valence electrons. The Balaban J connectivity index is 2.23. The third-order valence-corrected chi connectivity index (χ3v) is 4.03. The summed E-state index contributed by atoms with van der Waals surface area (Å²) in [7, 11) is 1.08. The molecule has 0 amide bonds. The molecule has 0 atom stereocenters. The van der Waals surface area contributed by atoms with Crippen LogP contribution < -0.4 is 0 Å². The summed E-state index contributed by atoms with van der Waals surface area (Å²) in [6, 6.07) is 10.8. The third kappa shape index (κ3) is 6.80. The SMILES string of the molecule is COC(=O)/C(=C/OC(F)F)c1ccccc1CON=C(C)c1cccc(C(F)(F)F)c1. The van der Waals surface area contributed by atoms with Gasteiger partial charge in [0.25, 0.3) is 0 Å². The number of nitrogens with zero attached hydrogens (tertiary/aromatic N) is 1. The van der Waals surface area contributed by atoms with Crippen molar-refractivity contribution in [3.05, 3.63) is 77.0 Å². The maximum absolute atomic E-state index is 12.9. The van der Waals surface area contributed by atoms with Crippen LogP contribution in [0.15, 0.2) is 59.9 Å². The number of halogens is 5. The van der Waals surface area contributed by atoms with Crippen molar-refractivity contribution in [1.82, 2.24) is 0 Å². The molecular weight excluding hydrogens is 425 g/mol. The topological polar surface area (TPSA) is 57.1 Å². The second kappa shape index (κ2) is 10.6. The van der Waals surface area contributed by atoms with Gasteiger partial charge in [-0.3, -0.25) is 0 Å². The van der Waals surface area contributed by atoms with Gasteiger partial charge in [0, 0.05) is 5.56 Å². The molecule has 0 aliphatic rings. The van der Waals surface area contributed by atoms with Crippen LogP contribution in [0.3, 0.4) is 0 Å². The van der Waals surface area contributed by atoms with Gasteiger partial charge in [-0.25, -0.2) is 4.79 Å². The lowest BCUT2D eigenvalue weighted by Crippen LogP contribution is -2.08. The van der Waals surface area contributed by atoms with Crippen LogP contribution >= 0.6 is 0 Å². The van der Waals surface area contributed by atoms with E-state index in [1.54, 1.807) is 18.2 Å². The first kappa shape index (κ1) is 23.8. The minimum absolute atomic E-state index is 0.188. The van der Waals surface area contributed by atoms with E-state index in [1.165, 1.54) is 25.1 Å². The highest BCUT2D eigenvalue weighted by molar-refractivity contribution is 6.16. The van der Waals surface area contributed by atoms with Crippen LogP contribution in [0.4, 0.5) is 22.0 Å². The zero-order valence-corrected chi connectivity index (χ0v) is 16.5. The molecule has 0 aliphatic carbocycles. The Morgan fingerprint density at radius 3 is 2.48 bits per heavy atom. The summed E-state index contributed by atoms with van der Waals surface area (Å²) in [4.78, 5) is 17.2. The number of esters is 1. The van der Waals surface area contributed by atoms with Crippen LogP contribution in [0.5, 0.6) is 0 Å². The van der Waals surface area contributed by atoms with E-state index in [9.17, 15) is 26.7 Å². The lowest BCUT2D eigenvalue weighted by molar-refractivity contribution is -0.137. The van der Waals surface area contributed by atoms with Gasteiger partial charge in [-0.15, -0.1) is 0 Å². The Bertz CT molecular complexity index is 970. The lowest BCUT2D eigenvalue weighted by Gasteiger charge is -2.12. The largest absolute Gasteiger partial charge is 0.465 e. The predicted octanol–water partition coefficient (Wildman–Crippen LogP) is 5.40. The van der Waals surface area contributed by atoms with E-state index in [0.717, 1.165) is 19.2 Å². The molecule has 0 unspecified atom stereocenters. The molecule has 0 spiro atoms. The van der Waals surface area contributed by atoms with Gasteiger partial charge >= 0.3 is 18.8 Å². The van der Waals surface area contributed by atoms with Crippen molar-refractivity contribution in [2.45, 2.75) is 26.3 Å². The molecule has 2 aromatic carbocycles. The van der Waals surface area contributed by atoms with Gasteiger partial charge in [0.05, 0.1) is 18.4 Å². The van der Waals surface area contributed by atoms with Crippen LogP contribution in [0, 0.1) is 0 Å². The summed E-state index contributed by atoms with van der Waals surface area (Å²) in [6.45, 7) is -1.87. The molecule has 0 heterocycles. The maximum atomic E-state index is 12.9. The van der Waals surface area contributed by atoms with Crippen LogP contribution in [-0.2, 0) is 31.9 Å². The predicted molar refractivity (Wildman–Crippen MR) is 102 cm³/mol. The Hall–Kier alpha value is -3.43. The molecule has 10 heteroatoms. The van der Waals surface area contributed by atoms with E-state index in [4.69, 9.17) is 4.84 Å². The Morgan fingerprint density at radius 2 is 1.84 bits per heavy atom. The smallest absolute Gasteiger partial charge is 0.416 e. The number of hydrogen-bond acceptors (Lipinski definition) is 5. The number of hydrogen-bond donors (Lipinski definition) is 0. The average molecular weight is 443 g/mol. The normalized spacial score (nSPS) is 12.6. The summed E-state index contributed by atoms with van der Waals surface area (Å²) >= 11 is 0. The fraction of sp³-hybridized carbons (Fsp3) is 0.238. The van der Waals surface area contributed by atoms with Crippen LogP contribution in [0.1, 0.15) is 29.2 Å². The van der Waals surface area contributed by atoms with Crippen LogP contribution in [0.2, 0.25) is 0 Å². The van der Waals surface area contributed by atoms with Gasteiger partial charge in [-0.2, -0.15) is 22.0 Å². The lowest BCUT2D eigenvalue weighted by atomic mass is 10.0. The molecule has 0 fully saturated rings. The number of benzene rings is 2. The minimum Gasteiger partial charge on any atom is -0.465 e. The number of ether oxygens (including phenoxy) is 2. The third-order valence-electron chi connectivity index (χ3n) is 4.03.